The van der Waals surface area contributed by atoms with Gasteiger partial charge in [-0.25, -0.2) is 9.18 Å². The Balaban J connectivity index is 1.31. The normalized spacial score (nSPS) is 14.0. The van der Waals surface area contributed by atoms with E-state index in [1.807, 2.05) is 18.2 Å². The van der Waals surface area contributed by atoms with Crippen LogP contribution in [0.1, 0.15) is 22.6 Å². The van der Waals surface area contributed by atoms with Crippen molar-refractivity contribution >= 4 is 5.97 Å². The predicted molar refractivity (Wildman–Crippen MR) is 140 cm³/mol. The summed E-state index contributed by atoms with van der Waals surface area (Å²) in [6, 6.07) is 29.5. The smallest absolute Gasteiger partial charge is 0.349 e. The highest BCUT2D eigenvalue weighted by molar-refractivity contribution is 5.74. The SMILES string of the molecule is N#CC1=C(N)Oc2cc(OC(=O)COc3ccccc3)ccc2C1c1ccc(OCc2ccccc2F)cc1. The van der Waals surface area contributed by atoms with Gasteiger partial charge in [-0.1, -0.05) is 54.6 Å². The number of esters is 1. The first-order valence-electron chi connectivity index (χ1n) is 12.1. The Hall–Kier alpha value is -5.29. The highest BCUT2D eigenvalue weighted by Gasteiger charge is 2.31. The molecule has 194 valence electrons. The minimum atomic E-state index is -0.585. The molecule has 7 nitrogen and oxygen atoms in total. The van der Waals surface area contributed by atoms with E-state index in [-0.39, 0.29) is 36.2 Å². The molecule has 4 aromatic rings. The van der Waals surface area contributed by atoms with Gasteiger partial charge < -0.3 is 24.7 Å². The van der Waals surface area contributed by atoms with Gasteiger partial charge in [-0.2, -0.15) is 5.26 Å². The Bertz CT molecular complexity index is 1560. The summed E-state index contributed by atoms with van der Waals surface area (Å²) in [5, 5.41) is 9.82. The molecule has 5 rings (SSSR count). The lowest BCUT2D eigenvalue weighted by Gasteiger charge is -2.26. The Morgan fingerprint density at radius 2 is 1.59 bits per heavy atom. The van der Waals surface area contributed by atoms with E-state index in [0.29, 0.717) is 28.4 Å². The Morgan fingerprint density at radius 3 is 2.33 bits per heavy atom. The van der Waals surface area contributed by atoms with Crippen LogP contribution in [-0.4, -0.2) is 12.6 Å². The topological polar surface area (TPSA) is 104 Å². The van der Waals surface area contributed by atoms with E-state index in [9.17, 15) is 14.4 Å². The minimum Gasteiger partial charge on any atom is -0.489 e. The summed E-state index contributed by atoms with van der Waals surface area (Å²) in [4.78, 5) is 12.3. The second kappa shape index (κ2) is 11.4. The molecule has 0 aromatic heterocycles. The summed E-state index contributed by atoms with van der Waals surface area (Å²) in [5.74, 6) is 0.252. The van der Waals surface area contributed by atoms with Crippen LogP contribution in [0.4, 0.5) is 4.39 Å². The van der Waals surface area contributed by atoms with Crippen molar-refractivity contribution in [1.82, 2.24) is 0 Å². The molecule has 2 N–H and O–H groups in total. The maximum absolute atomic E-state index is 13.9. The van der Waals surface area contributed by atoms with Gasteiger partial charge in [0.05, 0.1) is 5.92 Å². The average Bonchev–Trinajstić information content (AvgIpc) is 2.96. The molecule has 0 saturated carbocycles. The van der Waals surface area contributed by atoms with E-state index < -0.39 is 11.9 Å². The Morgan fingerprint density at radius 1 is 0.897 bits per heavy atom. The first-order valence-corrected chi connectivity index (χ1v) is 12.1. The third-order valence-electron chi connectivity index (χ3n) is 6.09. The number of nitriles is 1. The molecule has 1 atom stereocenters. The maximum Gasteiger partial charge on any atom is 0.349 e. The third kappa shape index (κ3) is 5.84. The molecule has 0 radical (unpaired) electrons. The molecule has 1 aliphatic heterocycles. The van der Waals surface area contributed by atoms with Crippen molar-refractivity contribution in [3.05, 3.63) is 131 Å². The zero-order valence-electron chi connectivity index (χ0n) is 20.7. The number of halogens is 1. The van der Waals surface area contributed by atoms with Crippen molar-refractivity contribution in [1.29, 1.82) is 5.26 Å². The molecule has 4 aromatic carbocycles. The van der Waals surface area contributed by atoms with E-state index in [1.165, 1.54) is 6.07 Å². The molecular weight excluding hydrogens is 499 g/mol. The molecule has 0 bridgehead atoms. The number of benzene rings is 4. The van der Waals surface area contributed by atoms with Crippen LogP contribution in [-0.2, 0) is 11.4 Å². The zero-order chi connectivity index (χ0) is 27.2. The number of rotatable bonds is 8. The summed E-state index contributed by atoms with van der Waals surface area (Å²) in [6.45, 7) is -0.184. The van der Waals surface area contributed by atoms with Crippen LogP contribution >= 0.6 is 0 Å². The van der Waals surface area contributed by atoms with Crippen molar-refractivity contribution in [2.24, 2.45) is 5.73 Å². The third-order valence-corrected chi connectivity index (χ3v) is 6.09. The Labute approximate surface area is 224 Å². The van der Waals surface area contributed by atoms with E-state index in [2.05, 4.69) is 6.07 Å². The van der Waals surface area contributed by atoms with Gasteiger partial charge in [-0.05, 0) is 42.0 Å². The quantitative estimate of drug-likeness (QED) is 0.237. The van der Waals surface area contributed by atoms with Crippen molar-refractivity contribution < 1.29 is 28.1 Å². The van der Waals surface area contributed by atoms with Crippen LogP contribution in [0.3, 0.4) is 0 Å². The number of hydrogen-bond donors (Lipinski definition) is 1. The highest BCUT2D eigenvalue weighted by Crippen LogP contribution is 2.43. The lowest BCUT2D eigenvalue weighted by atomic mass is 9.83. The van der Waals surface area contributed by atoms with Gasteiger partial charge >= 0.3 is 5.97 Å². The van der Waals surface area contributed by atoms with E-state index in [4.69, 9.17) is 24.7 Å². The van der Waals surface area contributed by atoms with Crippen LogP contribution in [0.25, 0.3) is 0 Å². The Kier molecular flexibility index (Phi) is 7.41. The second-order valence-corrected chi connectivity index (χ2v) is 8.65. The first kappa shape index (κ1) is 25.4. The van der Waals surface area contributed by atoms with E-state index >= 15 is 0 Å². The van der Waals surface area contributed by atoms with Crippen molar-refractivity contribution in [2.45, 2.75) is 12.5 Å². The van der Waals surface area contributed by atoms with Gasteiger partial charge in [0.25, 0.3) is 0 Å². The molecule has 1 aliphatic rings. The fourth-order valence-corrected chi connectivity index (χ4v) is 4.20. The number of allylic oxidation sites excluding steroid dienone is 1. The monoisotopic (exact) mass is 522 g/mol. The molecule has 0 saturated heterocycles. The van der Waals surface area contributed by atoms with Gasteiger partial charge in [-0.15, -0.1) is 0 Å². The number of carbonyl (C=O) groups is 1. The van der Waals surface area contributed by atoms with Crippen LogP contribution in [0, 0.1) is 17.1 Å². The summed E-state index contributed by atoms with van der Waals surface area (Å²) in [6.07, 6.45) is 0. The van der Waals surface area contributed by atoms with Gasteiger partial charge in [0.1, 0.15) is 47.1 Å². The van der Waals surface area contributed by atoms with Gasteiger partial charge in [0, 0.05) is 17.2 Å². The van der Waals surface area contributed by atoms with E-state index in [1.54, 1.807) is 72.8 Å². The fraction of sp³-hybridized carbons (Fsp3) is 0.0968. The number of ether oxygens (including phenoxy) is 4. The van der Waals surface area contributed by atoms with Gasteiger partial charge in [-0.3, -0.25) is 0 Å². The molecule has 0 aliphatic carbocycles. The van der Waals surface area contributed by atoms with E-state index in [0.717, 1.165) is 5.56 Å². The zero-order valence-corrected chi connectivity index (χ0v) is 20.7. The van der Waals surface area contributed by atoms with Gasteiger partial charge in [0.2, 0.25) is 5.88 Å². The van der Waals surface area contributed by atoms with Crippen molar-refractivity contribution in [3.63, 3.8) is 0 Å². The first-order chi connectivity index (χ1) is 19.0. The molecule has 0 spiro atoms. The lowest BCUT2D eigenvalue weighted by molar-refractivity contribution is -0.136. The van der Waals surface area contributed by atoms with Crippen LogP contribution in [0.15, 0.2) is 109 Å². The summed E-state index contributed by atoms with van der Waals surface area (Å²) < 4.78 is 36.2. The fourth-order valence-electron chi connectivity index (χ4n) is 4.20. The van der Waals surface area contributed by atoms with Crippen LogP contribution in [0.5, 0.6) is 23.0 Å². The molecule has 8 heteroatoms. The summed E-state index contributed by atoms with van der Waals surface area (Å²) in [7, 11) is 0. The lowest BCUT2D eigenvalue weighted by Crippen LogP contribution is -2.21. The standard InChI is InChI=1S/C31H23FN2O5/c32-27-9-5-4-6-21(27)18-36-23-12-10-20(11-13-23)30-25-15-14-24(16-28(25)39-31(34)26(30)17-33)38-29(35)19-37-22-7-2-1-3-8-22/h1-16,30H,18-19,34H2. The largest absolute Gasteiger partial charge is 0.489 e. The number of nitrogens with two attached hydrogens (primary N) is 1. The average molecular weight is 523 g/mol. The summed E-state index contributed by atoms with van der Waals surface area (Å²) >= 11 is 0. The molecule has 39 heavy (non-hydrogen) atoms. The van der Waals surface area contributed by atoms with Gasteiger partial charge in [0.15, 0.2) is 6.61 Å². The number of fused-ring (bicyclic) bond motifs is 1. The highest BCUT2D eigenvalue weighted by atomic mass is 19.1. The van der Waals surface area contributed by atoms with Crippen LogP contribution < -0.4 is 24.7 Å². The maximum atomic E-state index is 13.9. The molecule has 0 amide bonds. The number of hydrogen-bond acceptors (Lipinski definition) is 7. The van der Waals surface area contributed by atoms with Crippen LogP contribution in [0.2, 0.25) is 0 Å². The number of para-hydroxylation sites is 1. The van der Waals surface area contributed by atoms with Crippen molar-refractivity contribution in [3.8, 4) is 29.1 Å². The second-order valence-electron chi connectivity index (χ2n) is 8.65. The number of carbonyl (C=O) groups excluding carboxylic acids is 1. The minimum absolute atomic E-state index is 0.0363. The molecule has 1 unspecified atom stereocenters. The predicted octanol–water partition coefficient (Wildman–Crippen LogP) is 5.61. The molecule has 0 fully saturated rings. The van der Waals surface area contributed by atoms with Crippen molar-refractivity contribution in [2.75, 3.05) is 6.61 Å². The summed E-state index contributed by atoms with van der Waals surface area (Å²) in [5.41, 5.74) is 8.26. The molecule has 1 heterocycles. The molecular formula is C31H23FN2O5. The number of nitrogens with zero attached hydrogens (tertiary/aromatic N) is 1.